The largest absolute Gasteiger partial charge is 0 e. The predicted molar refractivity (Wildman–Crippen MR) is 252 cm³/mol. The second kappa shape index (κ2) is 17.6. The minimum absolute atomic E-state index is 0. The number of fused-ring (bicyclic) bond motifs is 4. The van der Waals surface area contributed by atoms with Crippen LogP contribution in [0.2, 0.25) is 17.3 Å². The zero-order valence-corrected chi connectivity index (χ0v) is 39.6. The Morgan fingerprint density at radius 2 is 1.44 bits per heavy atom. The van der Waals surface area contributed by atoms with E-state index >= 15 is 0 Å². The van der Waals surface area contributed by atoms with Crippen LogP contribution >= 0.6 is 0 Å². The molecule has 303 valence electrons. The van der Waals surface area contributed by atoms with Crippen molar-refractivity contribution in [3.05, 3.63) is 187 Å². The summed E-state index contributed by atoms with van der Waals surface area (Å²) in [6, 6.07) is 60.9. The molecule has 0 unspecified atom stereocenters. The van der Waals surface area contributed by atoms with Crippen LogP contribution in [0.15, 0.2) is 168 Å². The van der Waals surface area contributed by atoms with Crippen molar-refractivity contribution in [2.75, 3.05) is 0 Å². The molecule has 0 aliphatic carbocycles. The van der Waals surface area contributed by atoms with Gasteiger partial charge < -0.3 is 8.98 Å². The van der Waals surface area contributed by atoms with Gasteiger partial charge in [0.05, 0.1) is 22.4 Å². The van der Waals surface area contributed by atoms with Crippen LogP contribution in [0.5, 0.6) is 0 Å². The molecule has 0 saturated carbocycles. The summed E-state index contributed by atoms with van der Waals surface area (Å²) in [6.07, 6.45) is 2.02. The van der Waals surface area contributed by atoms with Crippen LogP contribution in [0.1, 0.15) is 32.4 Å². The molecule has 5 nitrogen and oxygen atoms in total. The van der Waals surface area contributed by atoms with Gasteiger partial charge in [0.25, 0.3) is 0 Å². The molecule has 4 heterocycles. The molecular formula is C54H46GeIrN4O-2. The summed E-state index contributed by atoms with van der Waals surface area (Å²) in [5, 5.41) is 1.99. The monoisotopic (exact) mass is 1030 g/mol. The number of para-hydroxylation sites is 2. The van der Waals surface area contributed by atoms with Crippen molar-refractivity contribution < 1.29 is 25.9 Å². The van der Waals surface area contributed by atoms with Crippen LogP contribution in [-0.4, -0.2) is 32.8 Å². The molecule has 7 heteroatoms. The first-order chi connectivity index (χ1) is 29.4. The molecular weight excluding hydrogens is 985 g/mol. The fourth-order valence-electron chi connectivity index (χ4n) is 7.60. The predicted octanol–water partition coefficient (Wildman–Crippen LogP) is 13.6. The second-order valence-corrected chi connectivity index (χ2v) is 27.1. The van der Waals surface area contributed by atoms with Gasteiger partial charge in [-0.05, 0) is 53.9 Å². The Kier molecular flexibility index (Phi) is 11.7. The fraction of sp³-hybridized carbons (Fsp3) is 0.130. The molecule has 61 heavy (non-hydrogen) atoms. The average molecular weight is 1030 g/mol. The molecule has 0 aliphatic rings. The first-order valence-electron chi connectivity index (χ1n) is 20.9. The summed E-state index contributed by atoms with van der Waals surface area (Å²) in [5.74, 6) is 7.30. The molecule has 0 saturated heterocycles. The van der Waals surface area contributed by atoms with Gasteiger partial charge in [0.2, 0.25) is 5.71 Å². The van der Waals surface area contributed by atoms with Crippen molar-refractivity contribution in [3.63, 3.8) is 0 Å². The van der Waals surface area contributed by atoms with Crippen LogP contribution in [0.4, 0.5) is 0 Å². The zero-order chi connectivity index (χ0) is 42.3. The number of pyridine rings is 2. The summed E-state index contributed by atoms with van der Waals surface area (Å²) in [6.45, 7) is 5.75. The first kappa shape index (κ1) is 40.5. The Morgan fingerprint density at radius 1 is 0.705 bits per heavy atom. The minimum atomic E-state index is -1.78. The van der Waals surface area contributed by atoms with Crippen molar-refractivity contribution in [1.82, 2.24) is 19.5 Å². The van der Waals surface area contributed by atoms with E-state index in [-0.39, 0.29) is 20.1 Å². The normalized spacial score (nSPS) is 11.9. The van der Waals surface area contributed by atoms with Crippen molar-refractivity contribution >= 4 is 50.8 Å². The van der Waals surface area contributed by atoms with Gasteiger partial charge in [0.1, 0.15) is 0 Å². The fourth-order valence-corrected chi connectivity index (χ4v) is 9.77. The third-order valence-electron chi connectivity index (χ3n) is 10.9. The minimum Gasteiger partial charge on any atom is 0 e. The van der Waals surface area contributed by atoms with E-state index in [0.717, 1.165) is 89.2 Å². The third-order valence-corrected chi connectivity index (χ3v) is 15.2. The van der Waals surface area contributed by atoms with E-state index in [0.29, 0.717) is 5.71 Å². The Hall–Kier alpha value is -5.92. The molecule has 10 aromatic rings. The number of hydrogen-bond acceptors (Lipinski definition) is 4. The SMILES string of the molecule is Cc1ccc2c(n1)oc1c(-c3nc4ccccc4n3-c3cc(-c4ccccc4)ccc3-c3ccccc3)[c-]ccc12.[2H]C(C)(C)c1c[c-]c(-c2cc[c]([Ge]([CH3])([CH3])[CH3])cn2)cc1.[Ir]. The third kappa shape index (κ3) is 8.54. The molecule has 0 aliphatic heterocycles. The number of benzene rings is 6. The van der Waals surface area contributed by atoms with E-state index in [1.165, 1.54) is 4.40 Å². The molecule has 0 atom stereocenters. The molecule has 4 aromatic heterocycles. The molecule has 0 amide bonds. The molecule has 10 rings (SSSR count). The molecule has 0 spiro atoms. The number of rotatable bonds is 7. The number of hydrogen-bond donors (Lipinski definition) is 0. The van der Waals surface area contributed by atoms with E-state index in [4.69, 9.17) is 10.8 Å². The van der Waals surface area contributed by atoms with Crippen molar-refractivity contribution in [1.29, 1.82) is 0 Å². The Balaban J connectivity index is 0.000000214. The summed E-state index contributed by atoms with van der Waals surface area (Å²) in [7, 11) is 0. The van der Waals surface area contributed by atoms with E-state index < -0.39 is 19.2 Å². The van der Waals surface area contributed by atoms with Crippen LogP contribution in [-0.2, 0) is 20.1 Å². The number of nitrogens with zero attached hydrogens (tertiary/aromatic N) is 4. The van der Waals surface area contributed by atoms with Gasteiger partial charge in [-0.3, -0.25) is 4.98 Å². The van der Waals surface area contributed by atoms with Crippen LogP contribution in [0.3, 0.4) is 0 Å². The molecule has 6 aromatic carbocycles. The van der Waals surface area contributed by atoms with Crippen molar-refractivity contribution in [3.8, 4) is 50.6 Å². The maximum atomic E-state index is 8.02. The molecule has 0 bridgehead atoms. The standard InChI is InChI=1S/C37H24N3O.C17H22GeN.Ir/c1-24-19-21-30-29-15-10-16-31(35(29)41-37(30)38-24)36-39-32-17-8-9-18-33(32)40(36)34-23-27(25-11-4-2-5-12-25)20-22-28(34)26-13-6-3-7-14-26;1-13(2)14-6-8-15(9-7-14)17-11-10-16(12-19-17)18(3,4)5;/h2-15,17-23H,1H3;6-8,10-13H,1-5H3;/q2*-1;/i;13D;. The topological polar surface area (TPSA) is 56.7 Å². The summed E-state index contributed by atoms with van der Waals surface area (Å²) in [5.41, 5.74) is 13.5. The van der Waals surface area contributed by atoms with E-state index in [1.54, 1.807) is 0 Å². The quantitative estimate of drug-likeness (QED) is 0.118. The van der Waals surface area contributed by atoms with Gasteiger partial charge in [-0.25, -0.2) is 4.98 Å². The first-order valence-corrected chi connectivity index (χ1v) is 27.7. The number of aryl methyl sites for hydroxylation is 1. The van der Waals surface area contributed by atoms with Crippen molar-refractivity contribution in [2.45, 2.75) is 43.9 Å². The van der Waals surface area contributed by atoms with Gasteiger partial charge in [0, 0.05) is 42.4 Å². The van der Waals surface area contributed by atoms with Gasteiger partial charge in [-0.2, -0.15) is 0 Å². The van der Waals surface area contributed by atoms with E-state index in [2.05, 4.69) is 147 Å². The van der Waals surface area contributed by atoms with Crippen LogP contribution in [0.25, 0.3) is 83.7 Å². The number of aromatic nitrogens is 4. The molecule has 0 fully saturated rings. The average Bonchev–Trinajstić information content (AvgIpc) is 3.85. The Bertz CT molecular complexity index is 3090. The Morgan fingerprint density at radius 3 is 2.13 bits per heavy atom. The van der Waals surface area contributed by atoms with Gasteiger partial charge in [-0.1, -0.05) is 95.9 Å². The molecule has 0 N–H and O–H groups in total. The van der Waals surface area contributed by atoms with Crippen LogP contribution < -0.4 is 4.40 Å². The van der Waals surface area contributed by atoms with Gasteiger partial charge in [0.15, 0.2) is 0 Å². The van der Waals surface area contributed by atoms with E-state index in [1.807, 2.05) is 81.6 Å². The van der Waals surface area contributed by atoms with E-state index in [9.17, 15) is 0 Å². The van der Waals surface area contributed by atoms with Crippen LogP contribution in [0, 0.1) is 19.1 Å². The van der Waals surface area contributed by atoms with Crippen molar-refractivity contribution in [2.24, 2.45) is 0 Å². The summed E-state index contributed by atoms with van der Waals surface area (Å²) >= 11 is -1.78. The zero-order valence-electron chi connectivity index (χ0n) is 36.1. The number of furan rings is 1. The summed E-state index contributed by atoms with van der Waals surface area (Å²) < 4.78 is 18.1. The summed E-state index contributed by atoms with van der Waals surface area (Å²) in [4.78, 5) is 14.4. The maximum absolute atomic E-state index is 8.02. The smallest absolute Gasteiger partial charge is 0 e. The maximum Gasteiger partial charge on any atom is 0 e. The van der Waals surface area contributed by atoms with Gasteiger partial charge in [-0.15, -0.1) is 18.2 Å². The number of imidazole rings is 1. The molecule has 1 radical (unpaired) electrons. The second-order valence-electron chi connectivity index (χ2n) is 16.4. The Labute approximate surface area is 375 Å². The van der Waals surface area contributed by atoms with Gasteiger partial charge >= 0.3 is 120 Å².